The van der Waals surface area contributed by atoms with E-state index < -0.39 is 27.2 Å². The molecule has 0 aromatic heterocycles. The fourth-order valence-electron chi connectivity index (χ4n) is 3.12. The average molecular weight is 443 g/mol. The maximum absolute atomic E-state index is 14.2. The van der Waals surface area contributed by atoms with Gasteiger partial charge in [0.15, 0.2) is 21.4 Å². The highest BCUT2D eigenvalue weighted by Crippen LogP contribution is 2.40. The second-order valence-corrected chi connectivity index (χ2v) is 8.92. The van der Waals surface area contributed by atoms with Crippen LogP contribution in [0.25, 0.3) is 22.4 Å². The van der Waals surface area contributed by atoms with E-state index in [0.717, 1.165) is 18.4 Å². The highest BCUT2D eigenvalue weighted by Gasteiger charge is 2.21. The zero-order valence-electron chi connectivity index (χ0n) is 16.3. The minimum Gasteiger partial charge on any atom is -0.454 e. The van der Waals surface area contributed by atoms with Crippen LogP contribution in [0, 0.1) is 11.6 Å². The minimum absolute atomic E-state index is 0.00881. The van der Waals surface area contributed by atoms with Gasteiger partial charge >= 0.3 is 5.69 Å². The molecule has 0 bridgehead atoms. The zero-order chi connectivity index (χ0) is 22.3. The smallest absolute Gasteiger partial charge is 0.367 e. The Morgan fingerprint density at radius 1 is 1.00 bits per heavy atom. The van der Waals surface area contributed by atoms with Gasteiger partial charge in [0.2, 0.25) is 0 Å². The number of hydrogen-bond acceptors (Lipinski definition) is 6. The topological polar surface area (TPSA) is 91.1 Å². The molecule has 0 saturated carbocycles. The largest absolute Gasteiger partial charge is 0.454 e. The number of fused-ring (bicyclic) bond motifs is 1. The van der Waals surface area contributed by atoms with E-state index in [2.05, 4.69) is 9.97 Å². The molecule has 0 N–H and O–H groups in total. The third-order valence-corrected chi connectivity index (χ3v) is 5.62. The van der Waals surface area contributed by atoms with E-state index in [1.54, 1.807) is 24.0 Å². The van der Waals surface area contributed by atoms with Crippen molar-refractivity contribution >= 4 is 9.84 Å². The van der Waals surface area contributed by atoms with Gasteiger partial charge in [0.1, 0.15) is 11.6 Å². The minimum atomic E-state index is -3.59. The number of hydrogen-bond donors (Lipinski definition) is 0. The predicted molar refractivity (Wildman–Crippen MR) is 109 cm³/mol. The van der Waals surface area contributed by atoms with Gasteiger partial charge in [-0.3, -0.25) is 0 Å². The molecule has 0 unspecified atom stereocenters. The van der Waals surface area contributed by atoms with Crippen LogP contribution in [0.5, 0.6) is 11.5 Å². The van der Waals surface area contributed by atoms with Crippen molar-refractivity contribution in [1.29, 1.82) is 0 Å². The van der Waals surface area contributed by atoms with Crippen LogP contribution in [0.2, 0.25) is 0 Å². The zero-order valence-corrected chi connectivity index (χ0v) is 17.2. The van der Waals surface area contributed by atoms with Gasteiger partial charge in [0.05, 0.1) is 10.6 Å². The standard InChI is InChI=1S/C21H15F2N3O4S/c1-26-10-12-9-24-21(27)25-20(12)16(11-26)15-8-14(31(2,28)29)4-6-18(15)30-19-5-3-13(22)7-17(19)23/h3-11H,1-2H3. The third kappa shape index (κ3) is 4.15. The number of rotatable bonds is 4. The molecule has 0 spiro atoms. The summed E-state index contributed by atoms with van der Waals surface area (Å²) < 4.78 is 59.1. The molecule has 2 aromatic rings. The fourth-order valence-corrected chi connectivity index (χ4v) is 3.77. The van der Waals surface area contributed by atoms with Crippen LogP contribution in [0.1, 0.15) is 0 Å². The maximum atomic E-state index is 14.2. The first-order chi connectivity index (χ1) is 14.6. The van der Waals surface area contributed by atoms with Crippen molar-refractivity contribution in [3.63, 3.8) is 0 Å². The van der Waals surface area contributed by atoms with Crippen LogP contribution in [0.4, 0.5) is 8.78 Å². The highest BCUT2D eigenvalue weighted by atomic mass is 32.2. The van der Waals surface area contributed by atoms with E-state index in [4.69, 9.17) is 4.74 Å². The van der Waals surface area contributed by atoms with Gasteiger partial charge in [0, 0.05) is 54.7 Å². The summed E-state index contributed by atoms with van der Waals surface area (Å²) in [6.07, 6.45) is 5.73. The Bertz CT molecular complexity index is 1450. The van der Waals surface area contributed by atoms with Crippen molar-refractivity contribution in [3.8, 4) is 33.9 Å². The monoisotopic (exact) mass is 443 g/mol. The second-order valence-electron chi connectivity index (χ2n) is 6.90. The molecule has 10 heteroatoms. The number of nitrogens with zero attached hydrogens (tertiary/aromatic N) is 3. The quantitative estimate of drug-likeness (QED) is 0.480. The molecule has 0 atom stereocenters. The van der Waals surface area contributed by atoms with E-state index in [-0.39, 0.29) is 27.7 Å². The van der Waals surface area contributed by atoms with Gasteiger partial charge in [-0.05, 0) is 30.3 Å². The van der Waals surface area contributed by atoms with Crippen molar-refractivity contribution in [2.45, 2.75) is 4.90 Å². The number of ether oxygens (including phenoxy) is 1. The summed E-state index contributed by atoms with van der Waals surface area (Å²) in [4.78, 5) is 19.4. The van der Waals surface area contributed by atoms with Crippen LogP contribution >= 0.6 is 0 Å². The molecule has 158 valence electrons. The van der Waals surface area contributed by atoms with E-state index in [1.165, 1.54) is 24.4 Å². The number of pyridine rings is 1. The molecule has 0 saturated heterocycles. The highest BCUT2D eigenvalue weighted by molar-refractivity contribution is 7.90. The lowest BCUT2D eigenvalue weighted by Gasteiger charge is -2.17. The number of halogens is 2. The normalized spacial score (nSPS) is 11.6. The van der Waals surface area contributed by atoms with Crippen LogP contribution in [-0.2, 0) is 16.9 Å². The number of aromatic nitrogens is 3. The molecule has 2 aromatic carbocycles. The Balaban J connectivity index is 1.99. The van der Waals surface area contributed by atoms with Gasteiger partial charge in [-0.2, -0.15) is 9.97 Å². The molecule has 0 aliphatic carbocycles. The molecule has 2 heterocycles. The first-order valence-electron chi connectivity index (χ1n) is 8.92. The van der Waals surface area contributed by atoms with E-state index in [9.17, 15) is 22.0 Å². The summed E-state index contributed by atoms with van der Waals surface area (Å²) in [7, 11) is -1.86. The van der Waals surface area contributed by atoms with Gasteiger partial charge in [-0.15, -0.1) is 0 Å². The Morgan fingerprint density at radius 3 is 2.45 bits per heavy atom. The number of sulfone groups is 1. The number of aryl methyl sites for hydroxylation is 1. The lowest BCUT2D eigenvalue weighted by molar-refractivity contribution is 0.438. The lowest BCUT2D eigenvalue weighted by Crippen LogP contribution is -2.13. The van der Waals surface area contributed by atoms with Crippen molar-refractivity contribution in [2.24, 2.45) is 7.05 Å². The van der Waals surface area contributed by atoms with Crippen molar-refractivity contribution < 1.29 is 21.9 Å². The van der Waals surface area contributed by atoms with E-state index >= 15 is 0 Å². The van der Waals surface area contributed by atoms with Crippen molar-refractivity contribution in [3.05, 3.63) is 77.1 Å². The molecule has 2 aliphatic heterocycles. The summed E-state index contributed by atoms with van der Waals surface area (Å²) in [5.41, 5.74) is 0.721. The maximum Gasteiger partial charge on any atom is 0.367 e. The average Bonchev–Trinajstić information content (AvgIpc) is 2.69. The summed E-state index contributed by atoms with van der Waals surface area (Å²) in [6.45, 7) is 0. The second kappa shape index (κ2) is 7.55. The lowest BCUT2D eigenvalue weighted by atomic mass is 10.0. The van der Waals surface area contributed by atoms with Gasteiger partial charge in [0.25, 0.3) is 0 Å². The van der Waals surface area contributed by atoms with Crippen LogP contribution in [-0.4, -0.2) is 29.2 Å². The predicted octanol–water partition coefficient (Wildman–Crippen LogP) is 3.42. The molecule has 0 fully saturated rings. The number of benzene rings is 2. The molecule has 7 nitrogen and oxygen atoms in total. The summed E-state index contributed by atoms with van der Waals surface area (Å²) in [5, 5.41) is 0. The molecule has 4 rings (SSSR count). The van der Waals surface area contributed by atoms with E-state index in [1.807, 2.05) is 0 Å². The van der Waals surface area contributed by atoms with Gasteiger partial charge in [-0.25, -0.2) is 22.0 Å². The Hall–Kier alpha value is -3.66. The summed E-state index contributed by atoms with van der Waals surface area (Å²) >= 11 is 0. The van der Waals surface area contributed by atoms with Crippen LogP contribution in [0.15, 0.2) is 64.7 Å². The third-order valence-electron chi connectivity index (χ3n) is 4.51. The van der Waals surface area contributed by atoms with Crippen molar-refractivity contribution in [2.75, 3.05) is 6.26 Å². The molecule has 0 radical (unpaired) electrons. The van der Waals surface area contributed by atoms with Crippen LogP contribution in [0.3, 0.4) is 0 Å². The van der Waals surface area contributed by atoms with Crippen LogP contribution < -0.4 is 10.4 Å². The molecule has 0 amide bonds. The van der Waals surface area contributed by atoms with Crippen molar-refractivity contribution in [1.82, 2.24) is 14.5 Å². The molecular weight excluding hydrogens is 428 g/mol. The van der Waals surface area contributed by atoms with Gasteiger partial charge < -0.3 is 9.30 Å². The Labute approximate surface area is 175 Å². The molecule has 31 heavy (non-hydrogen) atoms. The van der Waals surface area contributed by atoms with Gasteiger partial charge in [-0.1, -0.05) is 0 Å². The molecular formula is C21H15F2N3O4S. The van der Waals surface area contributed by atoms with E-state index in [0.29, 0.717) is 17.2 Å². The SMILES string of the molecule is Cn1cc2cnc(=O)nc-2c(-c2cc(S(C)(=O)=O)ccc2Oc2ccc(F)cc2F)c1. The Kier molecular flexibility index (Phi) is 5.02. The first-order valence-corrected chi connectivity index (χ1v) is 10.8. The first kappa shape index (κ1) is 20.6. The Morgan fingerprint density at radius 2 is 1.74 bits per heavy atom. The summed E-state index contributed by atoms with van der Waals surface area (Å²) in [5.74, 6) is -1.85. The summed E-state index contributed by atoms with van der Waals surface area (Å²) in [6, 6.07) is 6.88. The fraction of sp³-hybridized carbons (Fsp3) is 0.0952. The molecule has 2 aliphatic rings.